The first-order valence-electron chi connectivity index (χ1n) is 5.97. The van der Waals surface area contributed by atoms with Crippen molar-refractivity contribution in [3.05, 3.63) is 28.2 Å². The Balaban J connectivity index is 1.78. The summed E-state index contributed by atoms with van der Waals surface area (Å²) in [5, 5.41) is 1.17. The Hall–Kier alpha value is -0.770. The van der Waals surface area contributed by atoms with E-state index in [1.54, 1.807) is 18.2 Å². The molecule has 1 saturated heterocycles. The number of hydrogen-bond acceptors (Lipinski definition) is 3. The lowest BCUT2D eigenvalue weighted by Crippen LogP contribution is -2.36. The molecule has 0 N–H and O–H groups in total. The Morgan fingerprint density at radius 3 is 2.67 bits per heavy atom. The summed E-state index contributed by atoms with van der Waals surface area (Å²) in [6, 6.07) is 5.16. The van der Waals surface area contributed by atoms with Gasteiger partial charge in [0.25, 0.3) is 0 Å². The van der Waals surface area contributed by atoms with Gasteiger partial charge in [-0.2, -0.15) is 0 Å². The summed E-state index contributed by atoms with van der Waals surface area (Å²) < 4.78 is 5.60. The number of hydrogen-bond donors (Lipinski definition) is 0. The molecule has 0 bridgehead atoms. The van der Waals surface area contributed by atoms with E-state index in [1.807, 2.05) is 0 Å². The second-order valence-electron chi connectivity index (χ2n) is 4.30. The molecule has 98 valence electrons. The van der Waals surface area contributed by atoms with E-state index in [0.717, 1.165) is 19.6 Å². The first kappa shape index (κ1) is 13.7. The number of ether oxygens (including phenoxy) is 1. The van der Waals surface area contributed by atoms with E-state index in [2.05, 4.69) is 4.90 Å². The van der Waals surface area contributed by atoms with E-state index in [-0.39, 0.29) is 0 Å². The van der Waals surface area contributed by atoms with Crippen molar-refractivity contribution in [2.75, 3.05) is 26.2 Å². The number of ketones is 1. The lowest BCUT2D eigenvalue weighted by molar-refractivity contribution is -0.121. The van der Waals surface area contributed by atoms with Crippen LogP contribution in [-0.4, -0.2) is 36.9 Å². The summed E-state index contributed by atoms with van der Waals surface area (Å²) >= 11 is 11.9. The molecule has 1 aromatic rings. The van der Waals surface area contributed by atoms with E-state index in [0.29, 0.717) is 41.0 Å². The molecule has 2 rings (SSSR count). The Kier molecular flexibility index (Phi) is 4.87. The van der Waals surface area contributed by atoms with Crippen molar-refractivity contribution >= 4 is 29.0 Å². The largest absolute Gasteiger partial charge is 0.491 e. The third-order valence-electron chi connectivity index (χ3n) is 2.97. The highest BCUT2D eigenvalue weighted by molar-refractivity contribution is 6.34. The monoisotopic (exact) mass is 287 g/mol. The molecule has 0 aromatic heterocycles. The van der Waals surface area contributed by atoms with E-state index in [1.165, 1.54) is 0 Å². The molecular weight excluding hydrogens is 273 g/mol. The minimum atomic E-state index is 0.352. The summed E-state index contributed by atoms with van der Waals surface area (Å²) in [5.74, 6) is 0.960. The third-order valence-corrected chi connectivity index (χ3v) is 3.52. The molecule has 0 saturated carbocycles. The fourth-order valence-corrected chi connectivity index (χ4v) is 2.23. The van der Waals surface area contributed by atoms with Crippen molar-refractivity contribution in [2.45, 2.75) is 12.8 Å². The quantitative estimate of drug-likeness (QED) is 0.853. The summed E-state index contributed by atoms with van der Waals surface area (Å²) in [7, 11) is 0. The van der Waals surface area contributed by atoms with Gasteiger partial charge >= 0.3 is 0 Å². The van der Waals surface area contributed by atoms with Gasteiger partial charge in [-0.05, 0) is 12.1 Å². The highest BCUT2D eigenvalue weighted by atomic mass is 35.5. The highest BCUT2D eigenvalue weighted by Crippen LogP contribution is 2.27. The minimum absolute atomic E-state index is 0.352. The van der Waals surface area contributed by atoms with Crippen molar-refractivity contribution < 1.29 is 9.53 Å². The van der Waals surface area contributed by atoms with Crippen LogP contribution in [0.4, 0.5) is 0 Å². The van der Waals surface area contributed by atoms with E-state index in [4.69, 9.17) is 27.9 Å². The number of rotatable bonds is 4. The van der Waals surface area contributed by atoms with Crippen LogP contribution in [0.5, 0.6) is 5.75 Å². The molecule has 5 heteroatoms. The summed E-state index contributed by atoms with van der Waals surface area (Å²) in [6.45, 7) is 3.00. The topological polar surface area (TPSA) is 29.5 Å². The Morgan fingerprint density at radius 1 is 1.22 bits per heavy atom. The van der Waals surface area contributed by atoms with Gasteiger partial charge in [-0.1, -0.05) is 23.2 Å². The SMILES string of the molecule is O=C1CCN(CCOc2cc(Cl)ccc2Cl)CC1. The van der Waals surface area contributed by atoms with Crippen LogP contribution in [0.15, 0.2) is 18.2 Å². The molecule has 0 radical (unpaired) electrons. The van der Waals surface area contributed by atoms with Gasteiger partial charge in [0, 0.05) is 43.6 Å². The van der Waals surface area contributed by atoms with Crippen molar-refractivity contribution in [1.29, 1.82) is 0 Å². The molecule has 1 heterocycles. The minimum Gasteiger partial charge on any atom is -0.491 e. The maximum Gasteiger partial charge on any atom is 0.139 e. The predicted octanol–water partition coefficient (Wildman–Crippen LogP) is 3.04. The second-order valence-corrected chi connectivity index (χ2v) is 5.15. The van der Waals surface area contributed by atoms with Crippen molar-refractivity contribution in [3.63, 3.8) is 0 Å². The zero-order chi connectivity index (χ0) is 13.0. The van der Waals surface area contributed by atoms with E-state index >= 15 is 0 Å². The molecule has 1 aromatic carbocycles. The van der Waals surface area contributed by atoms with Crippen LogP contribution < -0.4 is 4.74 Å². The molecule has 18 heavy (non-hydrogen) atoms. The number of Topliss-reactive ketones (excluding diaryl/α,β-unsaturated/α-hetero) is 1. The predicted molar refractivity (Wildman–Crippen MR) is 72.6 cm³/mol. The molecule has 0 amide bonds. The molecule has 1 aliphatic heterocycles. The molecule has 1 fully saturated rings. The summed E-state index contributed by atoms with van der Waals surface area (Å²) in [5.41, 5.74) is 0. The number of likely N-dealkylation sites (tertiary alicyclic amines) is 1. The van der Waals surface area contributed by atoms with Gasteiger partial charge in [0.2, 0.25) is 0 Å². The van der Waals surface area contributed by atoms with Gasteiger partial charge in [-0.3, -0.25) is 9.69 Å². The van der Waals surface area contributed by atoms with E-state index < -0.39 is 0 Å². The molecule has 1 aliphatic rings. The van der Waals surface area contributed by atoms with Gasteiger partial charge in [0.1, 0.15) is 18.1 Å². The fraction of sp³-hybridized carbons (Fsp3) is 0.462. The number of carbonyl (C=O) groups excluding carboxylic acids is 1. The Bertz CT molecular complexity index is 427. The van der Waals surface area contributed by atoms with Crippen LogP contribution in [0.3, 0.4) is 0 Å². The molecule has 0 spiro atoms. The summed E-state index contributed by atoms with van der Waals surface area (Å²) in [4.78, 5) is 13.3. The number of nitrogens with zero attached hydrogens (tertiary/aromatic N) is 1. The third kappa shape index (κ3) is 3.87. The number of piperidine rings is 1. The van der Waals surface area contributed by atoms with Crippen LogP contribution in [0.2, 0.25) is 10.0 Å². The summed E-state index contributed by atoms with van der Waals surface area (Å²) in [6.07, 6.45) is 1.30. The van der Waals surface area contributed by atoms with Gasteiger partial charge in [0.05, 0.1) is 5.02 Å². The molecule has 0 aliphatic carbocycles. The maximum absolute atomic E-state index is 11.1. The van der Waals surface area contributed by atoms with Crippen LogP contribution in [-0.2, 0) is 4.79 Å². The zero-order valence-corrected chi connectivity index (χ0v) is 11.5. The van der Waals surface area contributed by atoms with Gasteiger partial charge < -0.3 is 4.74 Å². The lowest BCUT2D eigenvalue weighted by atomic mass is 10.1. The standard InChI is InChI=1S/C13H15Cl2NO2/c14-10-1-2-12(15)13(9-10)18-8-7-16-5-3-11(17)4-6-16/h1-2,9H,3-8H2. The van der Waals surface area contributed by atoms with E-state index in [9.17, 15) is 4.79 Å². The van der Waals surface area contributed by atoms with Crippen molar-refractivity contribution in [1.82, 2.24) is 4.90 Å². The number of halogens is 2. The molecule has 0 atom stereocenters. The average molecular weight is 288 g/mol. The molecule has 0 unspecified atom stereocenters. The number of benzene rings is 1. The van der Waals surface area contributed by atoms with Crippen LogP contribution in [0.25, 0.3) is 0 Å². The average Bonchev–Trinajstić information content (AvgIpc) is 2.36. The van der Waals surface area contributed by atoms with Crippen molar-refractivity contribution in [2.24, 2.45) is 0 Å². The van der Waals surface area contributed by atoms with Gasteiger partial charge in [-0.25, -0.2) is 0 Å². The Labute approximate surface area is 117 Å². The smallest absolute Gasteiger partial charge is 0.139 e. The normalized spacial score (nSPS) is 16.9. The maximum atomic E-state index is 11.1. The van der Waals surface area contributed by atoms with Gasteiger partial charge in [-0.15, -0.1) is 0 Å². The van der Waals surface area contributed by atoms with Crippen LogP contribution >= 0.6 is 23.2 Å². The zero-order valence-electron chi connectivity index (χ0n) is 9.99. The first-order valence-corrected chi connectivity index (χ1v) is 6.72. The fourth-order valence-electron chi connectivity index (χ4n) is 1.90. The second kappa shape index (κ2) is 6.41. The van der Waals surface area contributed by atoms with Crippen LogP contribution in [0.1, 0.15) is 12.8 Å². The van der Waals surface area contributed by atoms with Crippen LogP contribution in [0, 0.1) is 0 Å². The molecular formula is C13H15Cl2NO2. The molecule has 3 nitrogen and oxygen atoms in total. The first-order chi connectivity index (χ1) is 8.65. The highest BCUT2D eigenvalue weighted by Gasteiger charge is 2.15. The lowest BCUT2D eigenvalue weighted by Gasteiger charge is -2.25. The van der Waals surface area contributed by atoms with Gasteiger partial charge in [0.15, 0.2) is 0 Å². The number of carbonyl (C=O) groups is 1. The Morgan fingerprint density at radius 2 is 1.94 bits per heavy atom. The van der Waals surface area contributed by atoms with Crippen molar-refractivity contribution in [3.8, 4) is 5.75 Å².